The molecule has 0 saturated carbocycles. The van der Waals surface area contributed by atoms with Gasteiger partial charge in [-0.1, -0.05) is 18.2 Å². The molecule has 2 N–H and O–H groups in total. The van der Waals surface area contributed by atoms with Gasteiger partial charge in [0.1, 0.15) is 23.7 Å². The van der Waals surface area contributed by atoms with Crippen molar-refractivity contribution in [3.63, 3.8) is 0 Å². The first-order valence-electron chi connectivity index (χ1n) is 5.22. The number of allylic oxidation sites excluding steroid dienone is 1. The van der Waals surface area contributed by atoms with Gasteiger partial charge in [0, 0.05) is 0 Å². The molecule has 0 aliphatic heterocycles. The molecule has 0 amide bonds. The van der Waals surface area contributed by atoms with Gasteiger partial charge < -0.3 is 5.73 Å². The van der Waals surface area contributed by atoms with Gasteiger partial charge in [-0.25, -0.2) is 4.68 Å². The van der Waals surface area contributed by atoms with Crippen LogP contribution in [-0.4, -0.2) is 16.1 Å². The van der Waals surface area contributed by atoms with Crippen molar-refractivity contribution in [2.45, 2.75) is 0 Å². The van der Waals surface area contributed by atoms with Crippen LogP contribution in [0, 0.1) is 11.3 Å². The van der Waals surface area contributed by atoms with Crippen LogP contribution < -0.4 is 5.73 Å². The Balaban J connectivity index is 2.35. The summed E-state index contributed by atoms with van der Waals surface area (Å²) >= 11 is 0. The second-order valence-corrected chi connectivity index (χ2v) is 3.55. The molecule has 0 bridgehead atoms. The Morgan fingerprint density at radius 1 is 1.33 bits per heavy atom. The number of nitriles is 1. The van der Waals surface area contributed by atoms with Crippen LogP contribution in [-0.2, 0) is 4.79 Å². The molecular weight excluding hydrogens is 228 g/mol. The zero-order chi connectivity index (χ0) is 13.0. The highest BCUT2D eigenvalue weighted by molar-refractivity contribution is 5.74. The average Bonchev–Trinajstić information content (AvgIpc) is 2.78. The molecule has 0 fully saturated rings. The molecule has 5 nitrogen and oxygen atoms in total. The number of aromatic nitrogens is 2. The Hall–Kier alpha value is -2.87. The molecule has 0 spiro atoms. The van der Waals surface area contributed by atoms with E-state index in [1.807, 2.05) is 30.3 Å². The molecule has 1 aromatic heterocycles. The first-order chi connectivity index (χ1) is 8.76. The summed E-state index contributed by atoms with van der Waals surface area (Å²) in [6, 6.07) is 9.27. The van der Waals surface area contributed by atoms with Crippen LogP contribution >= 0.6 is 0 Å². The predicted octanol–water partition coefficient (Wildman–Crippen LogP) is 1.54. The third-order valence-corrected chi connectivity index (χ3v) is 2.43. The molecule has 2 aromatic rings. The number of hydrogen-bond donors (Lipinski definition) is 1. The molecule has 0 aliphatic carbocycles. The summed E-state index contributed by atoms with van der Waals surface area (Å²) < 4.78 is 1.49. The van der Waals surface area contributed by atoms with Crippen molar-refractivity contribution in [2.24, 2.45) is 0 Å². The van der Waals surface area contributed by atoms with Crippen LogP contribution in [0.3, 0.4) is 0 Å². The minimum atomic E-state index is 0.314. The summed E-state index contributed by atoms with van der Waals surface area (Å²) in [5.41, 5.74) is 7.79. The van der Waals surface area contributed by atoms with Crippen molar-refractivity contribution >= 4 is 18.2 Å². The third kappa shape index (κ3) is 2.13. The van der Waals surface area contributed by atoms with Gasteiger partial charge in [0.15, 0.2) is 0 Å². The number of hydrogen-bond acceptors (Lipinski definition) is 4. The maximum absolute atomic E-state index is 10.2. The maximum atomic E-state index is 10.2. The summed E-state index contributed by atoms with van der Waals surface area (Å²) in [5.74, 6) is 0.314. The van der Waals surface area contributed by atoms with E-state index in [9.17, 15) is 4.79 Å². The lowest BCUT2D eigenvalue weighted by Crippen LogP contribution is -2.02. The van der Waals surface area contributed by atoms with E-state index < -0.39 is 0 Å². The minimum Gasteiger partial charge on any atom is -0.382 e. The second kappa shape index (κ2) is 4.97. The highest BCUT2D eigenvalue weighted by atomic mass is 16.1. The zero-order valence-electron chi connectivity index (χ0n) is 9.45. The third-order valence-electron chi connectivity index (χ3n) is 2.43. The maximum Gasteiger partial charge on any atom is 0.145 e. The quantitative estimate of drug-likeness (QED) is 0.649. The number of benzene rings is 1. The summed E-state index contributed by atoms with van der Waals surface area (Å²) in [7, 11) is 0. The van der Waals surface area contributed by atoms with Crippen LogP contribution in [0.2, 0.25) is 0 Å². The molecule has 1 heterocycles. The van der Waals surface area contributed by atoms with Crippen molar-refractivity contribution in [3.8, 4) is 11.8 Å². The van der Waals surface area contributed by atoms with E-state index in [0.29, 0.717) is 11.4 Å². The molecule has 0 saturated heterocycles. The molecule has 0 atom stereocenters. The lowest BCUT2D eigenvalue weighted by atomic mass is 10.2. The fourth-order valence-corrected chi connectivity index (χ4v) is 1.53. The first-order valence-corrected chi connectivity index (χ1v) is 5.22. The van der Waals surface area contributed by atoms with Gasteiger partial charge in [0.05, 0.1) is 11.9 Å². The smallest absolute Gasteiger partial charge is 0.145 e. The number of carbonyl (C=O) groups is 1. The molecule has 0 radical (unpaired) electrons. The van der Waals surface area contributed by atoms with Crippen molar-refractivity contribution in [1.29, 1.82) is 5.26 Å². The Morgan fingerprint density at radius 2 is 2.06 bits per heavy atom. The summed E-state index contributed by atoms with van der Waals surface area (Å²) in [6.45, 7) is 0. The average molecular weight is 238 g/mol. The Morgan fingerprint density at radius 3 is 2.61 bits per heavy atom. The topological polar surface area (TPSA) is 84.7 Å². The van der Waals surface area contributed by atoms with Gasteiger partial charge in [0.25, 0.3) is 0 Å². The molecule has 1 aromatic carbocycles. The largest absolute Gasteiger partial charge is 0.382 e. The van der Waals surface area contributed by atoms with Crippen LogP contribution in [0.4, 0.5) is 5.82 Å². The number of rotatable bonds is 3. The van der Waals surface area contributed by atoms with Crippen LogP contribution in [0.5, 0.6) is 0 Å². The van der Waals surface area contributed by atoms with Crippen molar-refractivity contribution in [1.82, 2.24) is 9.78 Å². The lowest BCUT2D eigenvalue weighted by molar-refractivity contribution is -0.104. The van der Waals surface area contributed by atoms with Crippen LogP contribution in [0.1, 0.15) is 11.1 Å². The van der Waals surface area contributed by atoms with Crippen molar-refractivity contribution in [3.05, 3.63) is 47.7 Å². The van der Waals surface area contributed by atoms with Crippen molar-refractivity contribution in [2.75, 3.05) is 5.73 Å². The van der Waals surface area contributed by atoms with Gasteiger partial charge in [-0.3, -0.25) is 4.79 Å². The van der Waals surface area contributed by atoms with Gasteiger partial charge in [-0.15, -0.1) is 0 Å². The summed E-state index contributed by atoms with van der Waals surface area (Å²) in [5, 5.41) is 12.8. The molecule has 0 aliphatic rings. The number of anilines is 1. The highest BCUT2D eigenvalue weighted by Crippen LogP contribution is 2.17. The number of nitrogen functional groups attached to an aromatic ring is 1. The van der Waals surface area contributed by atoms with Crippen LogP contribution in [0.25, 0.3) is 11.8 Å². The van der Waals surface area contributed by atoms with E-state index in [4.69, 9.17) is 11.0 Å². The second-order valence-electron chi connectivity index (χ2n) is 3.55. The van der Waals surface area contributed by atoms with Gasteiger partial charge in [0.2, 0.25) is 0 Å². The first kappa shape index (κ1) is 11.6. The molecule has 5 heteroatoms. The zero-order valence-corrected chi connectivity index (χ0v) is 9.45. The van der Waals surface area contributed by atoms with E-state index in [2.05, 4.69) is 5.10 Å². The van der Waals surface area contributed by atoms with E-state index in [1.165, 1.54) is 17.0 Å². The van der Waals surface area contributed by atoms with E-state index in [1.54, 1.807) is 6.08 Å². The molecule has 88 valence electrons. The van der Waals surface area contributed by atoms with E-state index in [-0.39, 0.29) is 0 Å². The van der Waals surface area contributed by atoms with E-state index >= 15 is 0 Å². The standard InChI is InChI=1S/C13H10N4O/c14-8-11-9-16-17(13(11)15)12-5-3-10(4-6-12)2-1-7-18/h1-7,9H,15H2. The molecule has 18 heavy (non-hydrogen) atoms. The summed E-state index contributed by atoms with van der Waals surface area (Å²) in [4.78, 5) is 10.2. The van der Waals surface area contributed by atoms with Crippen LogP contribution in [0.15, 0.2) is 36.5 Å². The Bertz CT molecular complexity index is 632. The SMILES string of the molecule is N#Cc1cnn(-c2ccc(C=CC=O)cc2)c1N. The predicted molar refractivity (Wildman–Crippen MR) is 67.8 cm³/mol. The van der Waals surface area contributed by atoms with Crippen molar-refractivity contribution < 1.29 is 4.79 Å². The fraction of sp³-hybridized carbons (Fsp3) is 0. The lowest BCUT2D eigenvalue weighted by Gasteiger charge is -2.04. The number of nitrogens with two attached hydrogens (primary N) is 1. The van der Waals surface area contributed by atoms with Gasteiger partial charge >= 0.3 is 0 Å². The fourth-order valence-electron chi connectivity index (χ4n) is 1.53. The monoisotopic (exact) mass is 238 g/mol. The number of carbonyl (C=O) groups excluding carboxylic acids is 1. The molecular formula is C13H10N4O. The molecule has 0 unspecified atom stereocenters. The highest BCUT2D eigenvalue weighted by Gasteiger charge is 2.07. The Labute approximate surface area is 104 Å². The van der Waals surface area contributed by atoms with Gasteiger partial charge in [-0.2, -0.15) is 10.4 Å². The normalized spacial score (nSPS) is 10.4. The Kier molecular flexibility index (Phi) is 3.21. The molecule has 2 rings (SSSR count). The number of aldehydes is 1. The van der Waals surface area contributed by atoms with E-state index in [0.717, 1.165) is 17.5 Å². The van der Waals surface area contributed by atoms with Gasteiger partial charge in [-0.05, 0) is 23.8 Å². The minimum absolute atomic E-state index is 0.314. The number of nitrogens with zero attached hydrogens (tertiary/aromatic N) is 3. The summed E-state index contributed by atoms with van der Waals surface area (Å²) in [6.07, 6.45) is 5.27.